The van der Waals surface area contributed by atoms with Gasteiger partial charge in [-0.3, -0.25) is 4.90 Å². The van der Waals surface area contributed by atoms with Crippen LogP contribution in [-0.4, -0.2) is 59.4 Å². The second-order valence-corrected chi connectivity index (χ2v) is 6.66. The Labute approximate surface area is 158 Å². The molecule has 6 heteroatoms. The van der Waals surface area contributed by atoms with Crippen molar-refractivity contribution in [2.45, 2.75) is 6.61 Å². The highest BCUT2D eigenvalue weighted by Gasteiger charge is 2.10. The van der Waals surface area contributed by atoms with Gasteiger partial charge in [0.15, 0.2) is 0 Å². The summed E-state index contributed by atoms with van der Waals surface area (Å²) >= 11 is 0. The topological polar surface area (TPSA) is 70.5 Å². The third-order valence-electron chi connectivity index (χ3n) is 4.89. The summed E-state index contributed by atoms with van der Waals surface area (Å²) in [6, 6.07) is 14.0. The highest BCUT2D eigenvalue weighted by atomic mass is 16.5. The minimum absolute atomic E-state index is 0.0245. The first-order chi connectivity index (χ1) is 13.3. The molecule has 140 valence electrons. The van der Waals surface area contributed by atoms with Gasteiger partial charge in [0.1, 0.15) is 0 Å². The van der Waals surface area contributed by atoms with Crippen molar-refractivity contribution in [3.63, 3.8) is 0 Å². The summed E-state index contributed by atoms with van der Waals surface area (Å²) in [5.74, 6) is 0.652. The fourth-order valence-electron chi connectivity index (χ4n) is 3.38. The number of nitrogens with one attached hydrogen (secondary N) is 1. The molecular formula is C21H24N4O2. The molecule has 4 rings (SSSR count). The molecule has 2 N–H and O–H groups in total. The van der Waals surface area contributed by atoms with Crippen molar-refractivity contribution < 1.29 is 9.84 Å². The molecule has 0 bridgehead atoms. The second-order valence-electron chi connectivity index (χ2n) is 6.66. The van der Waals surface area contributed by atoms with Crippen molar-refractivity contribution in [2.24, 2.45) is 0 Å². The van der Waals surface area contributed by atoms with Crippen LogP contribution in [0, 0.1) is 0 Å². The van der Waals surface area contributed by atoms with Crippen LogP contribution < -0.4 is 5.32 Å². The quantitative estimate of drug-likeness (QED) is 0.700. The maximum Gasteiger partial charge on any atom is 0.223 e. The lowest BCUT2D eigenvalue weighted by Crippen LogP contribution is -2.39. The van der Waals surface area contributed by atoms with Crippen molar-refractivity contribution in [1.29, 1.82) is 0 Å². The SMILES string of the molecule is OCc1ccccc1-c1ccc2nc(NCCN3CCOCC3)ncc2c1. The van der Waals surface area contributed by atoms with E-state index in [1.165, 1.54) is 0 Å². The van der Waals surface area contributed by atoms with Crippen LogP contribution in [0.1, 0.15) is 5.56 Å². The molecule has 1 saturated heterocycles. The van der Waals surface area contributed by atoms with E-state index in [0.717, 1.165) is 67.0 Å². The molecule has 3 aromatic rings. The number of rotatable bonds is 6. The Morgan fingerprint density at radius 1 is 1.11 bits per heavy atom. The van der Waals surface area contributed by atoms with E-state index < -0.39 is 0 Å². The number of hydrogen-bond acceptors (Lipinski definition) is 6. The smallest absolute Gasteiger partial charge is 0.223 e. The fourth-order valence-corrected chi connectivity index (χ4v) is 3.38. The van der Waals surface area contributed by atoms with E-state index in [2.05, 4.69) is 26.3 Å². The molecule has 0 unspecified atom stereocenters. The Bertz CT molecular complexity index is 910. The van der Waals surface area contributed by atoms with Crippen molar-refractivity contribution in [3.05, 3.63) is 54.2 Å². The van der Waals surface area contributed by atoms with Crippen molar-refractivity contribution in [2.75, 3.05) is 44.7 Å². The third kappa shape index (κ3) is 4.24. The van der Waals surface area contributed by atoms with Gasteiger partial charge in [0.25, 0.3) is 0 Å². The second kappa shape index (κ2) is 8.43. The molecule has 1 aliphatic rings. The van der Waals surface area contributed by atoms with E-state index in [-0.39, 0.29) is 6.61 Å². The number of benzene rings is 2. The Balaban J connectivity index is 1.47. The molecule has 2 heterocycles. The maximum atomic E-state index is 9.56. The van der Waals surface area contributed by atoms with Crippen molar-refractivity contribution in [3.8, 4) is 11.1 Å². The van der Waals surface area contributed by atoms with E-state index >= 15 is 0 Å². The molecule has 0 saturated carbocycles. The monoisotopic (exact) mass is 364 g/mol. The average Bonchev–Trinajstić information content (AvgIpc) is 2.74. The van der Waals surface area contributed by atoms with Crippen LogP contribution >= 0.6 is 0 Å². The van der Waals surface area contributed by atoms with Gasteiger partial charge in [-0.1, -0.05) is 30.3 Å². The lowest BCUT2D eigenvalue weighted by Gasteiger charge is -2.26. The molecule has 0 aliphatic carbocycles. The molecule has 1 aliphatic heterocycles. The number of morpholine rings is 1. The maximum absolute atomic E-state index is 9.56. The number of nitrogens with zero attached hydrogens (tertiary/aromatic N) is 3. The van der Waals surface area contributed by atoms with E-state index in [4.69, 9.17) is 4.74 Å². The number of aliphatic hydroxyl groups excluding tert-OH is 1. The summed E-state index contributed by atoms with van der Waals surface area (Å²) in [7, 11) is 0. The zero-order valence-electron chi connectivity index (χ0n) is 15.3. The van der Waals surface area contributed by atoms with Crippen LogP contribution in [0.3, 0.4) is 0 Å². The number of fused-ring (bicyclic) bond motifs is 1. The van der Waals surface area contributed by atoms with E-state index in [1.54, 1.807) is 0 Å². The van der Waals surface area contributed by atoms with Gasteiger partial charge in [-0.15, -0.1) is 0 Å². The van der Waals surface area contributed by atoms with Crippen LogP contribution in [0.5, 0.6) is 0 Å². The van der Waals surface area contributed by atoms with Crippen LogP contribution in [0.15, 0.2) is 48.7 Å². The lowest BCUT2D eigenvalue weighted by atomic mass is 9.99. The first-order valence-electron chi connectivity index (χ1n) is 9.33. The Morgan fingerprint density at radius 3 is 2.81 bits per heavy atom. The molecule has 6 nitrogen and oxygen atoms in total. The fraction of sp³-hybridized carbons (Fsp3) is 0.333. The molecule has 1 fully saturated rings. The Kier molecular flexibility index (Phi) is 5.58. The summed E-state index contributed by atoms with van der Waals surface area (Å²) in [5.41, 5.74) is 3.92. The van der Waals surface area contributed by atoms with Crippen LogP contribution in [0.25, 0.3) is 22.0 Å². The summed E-state index contributed by atoms with van der Waals surface area (Å²) in [6.45, 7) is 5.39. The zero-order valence-corrected chi connectivity index (χ0v) is 15.3. The molecule has 0 atom stereocenters. The predicted octanol–water partition coefficient (Wildman–Crippen LogP) is 2.53. The van der Waals surface area contributed by atoms with Crippen LogP contribution in [0.4, 0.5) is 5.95 Å². The standard InChI is InChI=1S/C21H24N4O2/c26-15-17-3-1-2-4-19(17)16-5-6-20-18(13-16)14-23-21(24-20)22-7-8-25-9-11-27-12-10-25/h1-6,13-14,26H,7-12,15H2,(H,22,23,24). The molecule has 0 radical (unpaired) electrons. The molecule has 27 heavy (non-hydrogen) atoms. The lowest BCUT2D eigenvalue weighted by molar-refractivity contribution is 0.0398. The molecule has 2 aromatic carbocycles. The summed E-state index contributed by atoms with van der Waals surface area (Å²) in [6.07, 6.45) is 1.85. The zero-order chi connectivity index (χ0) is 18.5. The molecule has 0 spiro atoms. The van der Waals surface area contributed by atoms with Crippen LogP contribution in [0.2, 0.25) is 0 Å². The Morgan fingerprint density at radius 2 is 1.96 bits per heavy atom. The number of ether oxygens (including phenoxy) is 1. The number of aliphatic hydroxyl groups is 1. The average molecular weight is 364 g/mol. The van der Waals surface area contributed by atoms with Gasteiger partial charge in [0.05, 0.1) is 25.3 Å². The molecule has 0 amide bonds. The highest BCUT2D eigenvalue weighted by molar-refractivity contribution is 5.85. The Hall–Kier alpha value is -2.54. The van der Waals surface area contributed by atoms with Crippen molar-refractivity contribution in [1.82, 2.24) is 14.9 Å². The predicted molar refractivity (Wildman–Crippen MR) is 107 cm³/mol. The number of aromatic nitrogens is 2. The van der Waals surface area contributed by atoms with E-state index in [1.807, 2.05) is 42.6 Å². The first kappa shape index (κ1) is 17.9. The van der Waals surface area contributed by atoms with E-state index in [9.17, 15) is 5.11 Å². The normalized spacial score (nSPS) is 15.1. The summed E-state index contributed by atoms with van der Waals surface area (Å²) in [5, 5.41) is 13.9. The number of anilines is 1. The van der Waals surface area contributed by atoms with Gasteiger partial charge in [0, 0.05) is 37.8 Å². The summed E-state index contributed by atoms with van der Waals surface area (Å²) < 4.78 is 5.37. The molecule has 1 aromatic heterocycles. The van der Waals surface area contributed by atoms with E-state index in [0.29, 0.717) is 5.95 Å². The molecular weight excluding hydrogens is 340 g/mol. The third-order valence-corrected chi connectivity index (χ3v) is 4.89. The van der Waals surface area contributed by atoms with Gasteiger partial charge >= 0.3 is 0 Å². The van der Waals surface area contributed by atoms with Crippen molar-refractivity contribution >= 4 is 16.9 Å². The van der Waals surface area contributed by atoms with Gasteiger partial charge in [-0.05, 0) is 28.8 Å². The highest BCUT2D eigenvalue weighted by Crippen LogP contribution is 2.27. The number of hydrogen-bond donors (Lipinski definition) is 2. The minimum Gasteiger partial charge on any atom is -0.392 e. The van der Waals surface area contributed by atoms with Gasteiger partial charge in [-0.25, -0.2) is 9.97 Å². The van der Waals surface area contributed by atoms with Crippen LogP contribution in [-0.2, 0) is 11.3 Å². The van der Waals surface area contributed by atoms with Gasteiger partial charge in [-0.2, -0.15) is 0 Å². The summed E-state index contributed by atoms with van der Waals surface area (Å²) in [4.78, 5) is 11.4. The largest absolute Gasteiger partial charge is 0.392 e. The minimum atomic E-state index is 0.0245. The first-order valence-corrected chi connectivity index (χ1v) is 9.33. The van der Waals surface area contributed by atoms with Gasteiger partial charge in [0.2, 0.25) is 5.95 Å². The van der Waals surface area contributed by atoms with Gasteiger partial charge < -0.3 is 15.2 Å².